The van der Waals surface area contributed by atoms with Crippen molar-refractivity contribution in [3.8, 4) is 16.9 Å². The Morgan fingerprint density at radius 3 is 2.41 bits per heavy atom. The number of fused-ring (bicyclic) bond motifs is 1. The second kappa shape index (κ2) is 10.9. The maximum atomic E-state index is 15.3. The second-order valence-corrected chi connectivity index (χ2v) is 11.9. The second-order valence-electron chi connectivity index (χ2n) is 11.9. The molecule has 1 saturated carbocycles. The number of rotatable bonds is 7. The highest BCUT2D eigenvalue weighted by molar-refractivity contribution is 5.99. The molecule has 1 saturated heterocycles. The van der Waals surface area contributed by atoms with Crippen LogP contribution in [0.3, 0.4) is 0 Å². The van der Waals surface area contributed by atoms with E-state index in [1.54, 1.807) is 4.90 Å². The van der Waals surface area contributed by atoms with Crippen LogP contribution in [0.5, 0.6) is 5.75 Å². The van der Waals surface area contributed by atoms with Crippen LogP contribution < -0.4 is 19.9 Å². The van der Waals surface area contributed by atoms with Gasteiger partial charge >= 0.3 is 0 Å². The molecule has 1 aliphatic carbocycles. The van der Waals surface area contributed by atoms with Crippen LogP contribution in [0.15, 0.2) is 42.6 Å². The molecule has 0 spiro atoms. The molecule has 6 rings (SSSR count). The summed E-state index contributed by atoms with van der Waals surface area (Å²) in [7, 11) is 4.19. The minimum Gasteiger partial charge on any atom is -0.478 e. The fourth-order valence-electron chi connectivity index (χ4n) is 6.08. The lowest BCUT2D eigenvalue weighted by molar-refractivity contribution is -0.121. The zero-order valence-electron chi connectivity index (χ0n) is 24.1. The first-order valence-corrected chi connectivity index (χ1v) is 14.5. The SMILES string of the molecule is CC(C)N1C(=O)COc2c(F)cc(-c3cc(Nc4ccc(N5CCC(N(C)C)CC5)c(F)c4)ncc3C3CC3)cc21. The lowest BCUT2D eigenvalue weighted by Gasteiger charge is -2.36. The predicted molar refractivity (Wildman–Crippen MR) is 158 cm³/mol. The summed E-state index contributed by atoms with van der Waals surface area (Å²) in [6, 6.07) is 10.8. The first-order valence-electron chi connectivity index (χ1n) is 14.5. The highest BCUT2D eigenvalue weighted by Crippen LogP contribution is 2.47. The number of carbonyl (C=O) groups is 1. The molecule has 0 bridgehead atoms. The zero-order chi connectivity index (χ0) is 28.8. The molecule has 9 heteroatoms. The third-order valence-electron chi connectivity index (χ3n) is 8.43. The summed E-state index contributed by atoms with van der Waals surface area (Å²) in [5.41, 5.74) is 4.17. The van der Waals surface area contributed by atoms with Gasteiger partial charge in [-0.2, -0.15) is 0 Å². The molecule has 0 radical (unpaired) electrons. The number of halogens is 2. The molecule has 1 amide bonds. The fourth-order valence-corrected chi connectivity index (χ4v) is 6.08. The number of benzene rings is 2. The van der Waals surface area contributed by atoms with E-state index in [0.717, 1.165) is 49.9 Å². The minimum atomic E-state index is -0.504. The molecule has 1 aromatic heterocycles. The van der Waals surface area contributed by atoms with Crippen LogP contribution in [0.2, 0.25) is 0 Å². The molecule has 216 valence electrons. The summed E-state index contributed by atoms with van der Waals surface area (Å²) >= 11 is 0. The van der Waals surface area contributed by atoms with E-state index in [1.807, 2.05) is 44.3 Å². The number of hydrogen-bond donors (Lipinski definition) is 1. The Hall–Kier alpha value is -3.72. The van der Waals surface area contributed by atoms with Gasteiger partial charge in [-0.3, -0.25) is 4.79 Å². The van der Waals surface area contributed by atoms with Gasteiger partial charge < -0.3 is 24.8 Å². The van der Waals surface area contributed by atoms with Crippen molar-refractivity contribution >= 4 is 28.8 Å². The maximum absolute atomic E-state index is 15.3. The van der Waals surface area contributed by atoms with Gasteiger partial charge in [0, 0.05) is 37.1 Å². The summed E-state index contributed by atoms with van der Waals surface area (Å²) in [5, 5.41) is 3.25. The van der Waals surface area contributed by atoms with Crippen molar-refractivity contribution in [3.63, 3.8) is 0 Å². The van der Waals surface area contributed by atoms with Gasteiger partial charge in [0.1, 0.15) is 11.6 Å². The van der Waals surface area contributed by atoms with Crippen LogP contribution in [0.4, 0.5) is 31.7 Å². The van der Waals surface area contributed by atoms with Crippen LogP contribution in [0, 0.1) is 11.6 Å². The molecule has 1 N–H and O–H groups in total. The van der Waals surface area contributed by atoms with E-state index >= 15 is 8.78 Å². The third-order valence-corrected chi connectivity index (χ3v) is 8.43. The average molecular weight is 562 g/mol. The molecule has 41 heavy (non-hydrogen) atoms. The number of aromatic nitrogens is 1. The van der Waals surface area contributed by atoms with Crippen LogP contribution in [0.25, 0.3) is 11.1 Å². The Morgan fingerprint density at radius 1 is 1.00 bits per heavy atom. The van der Waals surface area contributed by atoms with Crippen molar-refractivity contribution in [2.75, 3.05) is 48.9 Å². The van der Waals surface area contributed by atoms with E-state index in [1.165, 1.54) is 12.1 Å². The smallest absolute Gasteiger partial charge is 0.265 e. The molecule has 3 heterocycles. The van der Waals surface area contributed by atoms with Gasteiger partial charge in [-0.25, -0.2) is 13.8 Å². The van der Waals surface area contributed by atoms with Crippen LogP contribution in [-0.4, -0.2) is 61.7 Å². The summed E-state index contributed by atoms with van der Waals surface area (Å²) in [4.78, 5) is 23.2. The maximum Gasteiger partial charge on any atom is 0.265 e. The van der Waals surface area contributed by atoms with E-state index < -0.39 is 5.82 Å². The number of pyridine rings is 1. The molecule has 0 atom stereocenters. The van der Waals surface area contributed by atoms with E-state index in [0.29, 0.717) is 40.4 Å². The summed E-state index contributed by atoms with van der Waals surface area (Å²) in [6.07, 6.45) is 5.93. The van der Waals surface area contributed by atoms with Crippen molar-refractivity contribution in [2.24, 2.45) is 0 Å². The molecular formula is C32H37F2N5O2. The highest BCUT2D eigenvalue weighted by atomic mass is 19.1. The first-order chi connectivity index (χ1) is 19.7. The standard InChI is InChI=1S/C32H37F2N5O2/c1-19(2)39-29-14-21(13-27(34)32(29)41-18-31(39)40)24-16-30(35-17-25(24)20-5-6-20)36-22-7-8-28(26(33)15-22)38-11-9-23(10-12-38)37(3)4/h7-8,13-17,19-20,23H,5-6,9-12,18H2,1-4H3,(H,35,36). The van der Waals surface area contributed by atoms with Gasteiger partial charge in [-0.1, -0.05) is 0 Å². The Kier molecular flexibility index (Phi) is 7.32. The van der Waals surface area contributed by atoms with Crippen LogP contribution in [0.1, 0.15) is 51.0 Å². The van der Waals surface area contributed by atoms with Crippen molar-refractivity contribution in [1.29, 1.82) is 0 Å². The monoisotopic (exact) mass is 561 g/mol. The van der Waals surface area contributed by atoms with Gasteiger partial charge in [0.2, 0.25) is 0 Å². The lowest BCUT2D eigenvalue weighted by Crippen LogP contribution is -2.43. The fraction of sp³-hybridized carbons (Fsp3) is 0.438. The number of nitrogens with one attached hydrogen (secondary N) is 1. The summed E-state index contributed by atoms with van der Waals surface area (Å²) in [6.45, 7) is 5.27. The third kappa shape index (κ3) is 5.47. The minimum absolute atomic E-state index is 0.101. The predicted octanol–water partition coefficient (Wildman–Crippen LogP) is 6.31. The molecule has 3 aromatic rings. The van der Waals surface area contributed by atoms with Crippen molar-refractivity contribution in [2.45, 2.75) is 57.5 Å². The number of carbonyl (C=O) groups excluding carboxylic acids is 1. The van der Waals surface area contributed by atoms with Gasteiger partial charge in [-0.05, 0) is 113 Å². The Morgan fingerprint density at radius 2 is 1.76 bits per heavy atom. The molecular weight excluding hydrogens is 524 g/mol. The van der Waals surface area contributed by atoms with Crippen LogP contribution in [-0.2, 0) is 4.79 Å². The van der Waals surface area contributed by atoms with Crippen molar-refractivity contribution in [3.05, 3.63) is 59.8 Å². The molecule has 0 unspecified atom stereocenters. The quantitative estimate of drug-likeness (QED) is 0.365. The summed E-state index contributed by atoms with van der Waals surface area (Å²) in [5.74, 6) is 0.0203. The van der Waals surface area contributed by atoms with Gasteiger partial charge in [0.25, 0.3) is 5.91 Å². The molecule has 7 nitrogen and oxygen atoms in total. The molecule has 2 aliphatic heterocycles. The van der Waals surface area contributed by atoms with Gasteiger partial charge in [-0.15, -0.1) is 0 Å². The number of nitrogens with zero attached hydrogens (tertiary/aromatic N) is 4. The van der Waals surface area contributed by atoms with E-state index in [-0.39, 0.29) is 30.1 Å². The van der Waals surface area contributed by atoms with E-state index in [9.17, 15) is 4.79 Å². The Balaban J connectivity index is 1.29. The highest BCUT2D eigenvalue weighted by Gasteiger charge is 2.32. The Bertz CT molecular complexity index is 1460. The van der Waals surface area contributed by atoms with E-state index in [4.69, 9.17) is 4.74 Å². The average Bonchev–Trinajstić information content (AvgIpc) is 3.78. The lowest BCUT2D eigenvalue weighted by atomic mass is 9.97. The van der Waals surface area contributed by atoms with Gasteiger partial charge in [0.15, 0.2) is 18.2 Å². The normalized spacial score (nSPS) is 17.7. The molecule has 2 aromatic carbocycles. The first kappa shape index (κ1) is 27.4. The van der Waals surface area contributed by atoms with Gasteiger partial charge in [0.05, 0.1) is 11.4 Å². The van der Waals surface area contributed by atoms with Crippen LogP contribution >= 0.6 is 0 Å². The number of piperidine rings is 1. The number of anilines is 4. The number of amides is 1. The number of ether oxygens (including phenoxy) is 1. The largest absolute Gasteiger partial charge is 0.478 e. The Labute approximate surface area is 240 Å². The number of hydrogen-bond acceptors (Lipinski definition) is 6. The van der Waals surface area contributed by atoms with E-state index in [2.05, 4.69) is 34.2 Å². The molecule has 3 aliphatic rings. The topological polar surface area (TPSA) is 60.9 Å². The molecule has 2 fully saturated rings. The van der Waals surface area contributed by atoms with Crippen molar-refractivity contribution in [1.82, 2.24) is 9.88 Å². The van der Waals surface area contributed by atoms with Crippen molar-refractivity contribution < 1.29 is 18.3 Å². The zero-order valence-corrected chi connectivity index (χ0v) is 24.1. The summed E-state index contributed by atoms with van der Waals surface area (Å²) < 4.78 is 36.1.